The van der Waals surface area contributed by atoms with Gasteiger partial charge in [0.2, 0.25) is 5.89 Å². The number of hydrogen-bond donors (Lipinski definition) is 1. The van der Waals surface area contributed by atoms with E-state index < -0.39 is 0 Å². The molecule has 0 aliphatic rings. The SMILES string of the molecule is O=C(Nc1cc(-c2nc3ncccc3o2)ccc1Cl)c1cccc2ccccc12. The first kappa shape index (κ1) is 17.4. The number of nitrogens with zero attached hydrogens (tertiary/aromatic N) is 2. The fourth-order valence-corrected chi connectivity index (χ4v) is 3.42. The molecule has 0 unspecified atom stereocenters. The third kappa shape index (κ3) is 3.22. The molecule has 29 heavy (non-hydrogen) atoms. The summed E-state index contributed by atoms with van der Waals surface area (Å²) >= 11 is 6.33. The predicted octanol–water partition coefficient (Wildman–Crippen LogP) is 5.95. The number of carbonyl (C=O) groups is 1. The number of amides is 1. The molecule has 6 heteroatoms. The van der Waals surface area contributed by atoms with Gasteiger partial charge in [-0.25, -0.2) is 4.98 Å². The molecule has 0 atom stereocenters. The summed E-state index contributed by atoms with van der Waals surface area (Å²) in [5.74, 6) is 0.177. The first-order valence-corrected chi connectivity index (χ1v) is 9.37. The maximum Gasteiger partial charge on any atom is 0.256 e. The molecule has 5 rings (SSSR count). The first-order valence-electron chi connectivity index (χ1n) is 9.00. The zero-order valence-electron chi connectivity index (χ0n) is 15.1. The monoisotopic (exact) mass is 399 g/mol. The average Bonchev–Trinajstić information content (AvgIpc) is 3.19. The second kappa shape index (κ2) is 7.04. The summed E-state index contributed by atoms with van der Waals surface area (Å²) < 4.78 is 5.77. The Morgan fingerprint density at radius 3 is 2.72 bits per heavy atom. The Hall–Kier alpha value is -3.70. The lowest BCUT2D eigenvalue weighted by Gasteiger charge is -2.10. The van der Waals surface area contributed by atoms with E-state index >= 15 is 0 Å². The Morgan fingerprint density at radius 2 is 1.83 bits per heavy atom. The van der Waals surface area contributed by atoms with E-state index in [1.54, 1.807) is 42.6 Å². The Morgan fingerprint density at radius 1 is 0.966 bits per heavy atom. The van der Waals surface area contributed by atoms with Crippen molar-refractivity contribution >= 4 is 45.2 Å². The summed E-state index contributed by atoms with van der Waals surface area (Å²) in [6, 6.07) is 22.2. The molecule has 2 heterocycles. The number of anilines is 1. The minimum atomic E-state index is -0.236. The van der Waals surface area contributed by atoms with Crippen LogP contribution in [0.2, 0.25) is 5.02 Å². The highest BCUT2D eigenvalue weighted by Gasteiger charge is 2.15. The molecular formula is C23H14ClN3O2. The molecule has 0 bridgehead atoms. The third-order valence-electron chi connectivity index (χ3n) is 4.66. The van der Waals surface area contributed by atoms with Gasteiger partial charge >= 0.3 is 0 Å². The van der Waals surface area contributed by atoms with Gasteiger partial charge in [-0.15, -0.1) is 0 Å². The number of carbonyl (C=O) groups excluding carboxylic acids is 1. The summed E-state index contributed by atoms with van der Waals surface area (Å²) in [6.07, 6.45) is 1.66. The predicted molar refractivity (Wildman–Crippen MR) is 114 cm³/mol. The van der Waals surface area contributed by atoms with E-state index in [0.29, 0.717) is 39.0 Å². The van der Waals surface area contributed by atoms with Crippen molar-refractivity contribution in [3.63, 3.8) is 0 Å². The van der Waals surface area contributed by atoms with Crippen molar-refractivity contribution in [2.45, 2.75) is 0 Å². The van der Waals surface area contributed by atoms with Crippen molar-refractivity contribution in [3.8, 4) is 11.5 Å². The van der Waals surface area contributed by atoms with Crippen LogP contribution in [-0.2, 0) is 0 Å². The van der Waals surface area contributed by atoms with Crippen LogP contribution in [-0.4, -0.2) is 15.9 Å². The van der Waals surface area contributed by atoms with E-state index in [0.717, 1.165) is 10.8 Å². The Bertz CT molecular complexity index is 1340. The number of hydrogen-bond acceptors (Lipinski definition) is 4. The lowest BCUT2D eigenvalue weighted by atomic mass is 10.0. The van der Waals surface area contributed by atoms with Gasteiger partial charge in [0.15, 0.2) is 11.2 Å². The Labute approximate surface area is 171 Å². The number of fused-ring (bicyclic) bond motifs is 2. The maximum atomic E-state index is 13.0. The highest BCUT2D eigenvalue weighted by atomic mass is 35.5. The molecule has 0 aliphatic carbocycles. The topological polar surface area (TPSA) is 68.0 Å². The van der Waals surface area contributed by atoms with Gasteiger partial charge in [0.25, 0.3) is 5.91 Å². The molecule has 5 aromatic rings. The normalized spacial score (nSPS) is 11.1. The lowest BCUT2D eigenvalue weighted by Crippen LogP contribution is -2.12. The number of halogens is 1. The van der Waals surface area contributed by atoms with Crippen LogP contribution in [0.15, 0.2) is 83.4 Å². The maximum absolute atomic E-state index is 13.0. The number of rotatable bonds is 3. The van der Waals surface area contributed by atoms with Gasteiger partial charge in [0, 0.05) is 17.3 Å². The molecule has 0 fully saturated rings. The summed E-state index contributed by atoms with van der Waals surface area (Å²) in [6.45, 7) is 0. The van der Waals surface area contributed by atoms with Crippen LogP contribution >= 0.6 is 11.6 Å². The van der Waals surface area contributed by atoms with E-state index in [1.807, 2.05) is 36.4 Å². The number of benzene rings is 3. The standard InChI is InChI=1S/C23H14ClN3O2/c24-18-11-10-15(23-27-21-20(29-23)9-4-12-25-21)13-19(18)26-22(28)17-8-3-6-14-5-1-2-7-16(14)17/h1-13H,(H,26,28). The number of nitrogens with one attached hydrogen (secondary N) is 1. The van der Waals surface area contributed by atoms with Crippen LogP contribution < -0.4 is 5.32 Å². The minimum absolute atomic E-state index is 0.236. The first-order chi connectivity index (χ1) is 14.2. The highest BCUT2D eigenvalue weighted by molar-refractivity contribution is 6.34. The molecule has 5 nitrogen and oxygen atoms in total. The van der Waals surface area contributed by atoms with Crippen LogP contribution in [0, 0.1) is 0 Å². The largest absolute Gasteiger partial charge is 0.434 e. The molecular weight excluding hydrogens is 386 g/mol. The van der Waals surface area contributed by atoms with Gasteiger partial charge in [-0.05, 0) is 47.2 Å². The number of aromatic nitrogens is 2. The van der Waals surface area contributed by atoms with Crippen molar-refractivity contribution in [1.82, 2.24) is 9.97 Å². The van der Waals surface area contributed by atoms with Gasteiger partial charge in [0.05, 0.1) is 10.7 Å². The fourth-order valence-electron chi connectivity index (χ4n) is 3.26. The summed E-state index contributed by atoms with van der Waals surface area (Å²) in [5, 5.41) is 5.21. The van der Waals surface area contributed by atoms with Crippen molar-refractivity contribution in [1.29, 1.82) is 0 Å². The van der Waals surface area contributed by atoms with E-state index in [1.165, 1.54) is 0 Å². The molecule has 1 N–H and O–H groups in total. The van der Waals surface area contributed by atoms with E-state index in [4.69, 9.17) is 16.0 Å². The van der Waals surface area contributed by atoms with E-state index in [2.05, 4.69) is 15.3 Å². The van der Waals surface area contributed by atoms with Crippen LogP contribution in [0.3, 0.4) is 0 Å². The van der Waals surface area contributed by atoms with Crippen molar-refractivity contribution in [3.05, 3.63) is 89.6 Å². The van der Waals surface area contributed by atoms with E-state index in [-0.39, 0.29) is 5.91 Å². The molecule has 1 amide bonds. The molecule has 2 aromatic heterocycles. The zero-order valence-corrected chi connectivity index (χ0v) is 15.9. The molecule has 0 saturated carbocycles. The summed E-state index contributed by atoms with van der Waals surface area (Å²) in [7, 11) is 0. The molecule has 0 radical (unpaired) electrons. The van der Waals surface area contributed by atoms with Crippen molar-refractivity contribution in [2.24, 2.45) is 0 Å². The van der Waals surface area contributed by atoms with Crippen LogP contribution in [0.25, 0.3) is 33.5 Å². The second-order valence-electron chi connectivity index (χ2n) is 6.52. The van der Waals surface area contributed by atoms with Crippen molar-refractivity contribution in [2.75, 3.05) is 5.32 Å². The van der Waals surface area contributed by atoms with Gasteiger partial charge < -0.3 is 9.73 Å². The minimum Gasteiger partial charge on any atom is -0.434 e. The lowest BCUT2D eigenvalue weighted by molar-refractivity contribution is 0.102. The van der Waals surface area contributed by atoms with Gasteiger partial charge in [0.1, 0.15) is 0 Å². The van der Waals surface area contributed by atoms with Crippen LogP contribution in [0.4, 0.5) is 5.69 Å². The van der Waals surface area contributed by atoms with Crippen LogP contribution in [0.5, 0.6) is 0 Å². The average molecular weight is 400 g/mol. The summed E-state index contributed by atoms with van der Waals surface area (Å²) in [5.41, 5.74) is 2.88. The van der Waals surface area contributed by atoms with Crippen molar-refractivity contribution < 1.29 is 9.21 Å². The fraction of sp³-hybridized carbons (Fsp3) is 0. The molecule has 0 spiro atoms. The van der Waals surface area contributed by atoms with E-state index in [9.17, 15) is 4.79 Å². The van der Waals surface area contributed by atoms with Crippen LogP contribution in [0.1, 0.15) is 10.4 Å². The Kier molecular flexibility index (Phi) is 4.22. The smallest absolute Gasteiger partial charge is 0.256 e. The molecule has 3 aromatic carbocycles. The van der Waals surface area contributed by atoms with Gasteiger partial charge in [-0.3, -0.25) is 4.79 Å². The number of oxazole rings is 1. The molecule has 140 valence electrons. The second-order valence-corrected chi connectivity index (χ2v) is 6.93. The molecule has 0 aliphatic heterocycles. The zero-order chi connectivity index (χ0) is 19.8. The van der Waals surface area contributed by atoms with Gasteiger partial charge in [-0.1, -0.05) is 48.0 Å². The Balaban J connectivity index is 1.51. The third-order valence-corrected chi connectivity index (χ3v) is 4.99. The highest BCUT2D eigenvalue weighted by Crippen LogP contribution is 2.31. The summed E-state index contributed by atoms with van der Waals surface area (Å²) in [4.78, 5) is 21.5. The number of pyridine rings is 1. The quantitative estimate of drug-likeness (QED) is 0.407. The molecule has 0 saturated heterocycles. The van der Waals surface area contributed by atoms with Gasteiger partial charge in [-0.2, -0.15) is 4.98 Å².